The summed E-state index contributed by atoms with van der Waals surface area (Å²) in [6.45, 7) is 3.20. The molecule has 1 heterocycles. The van der Waals surface area contributed by atoms with Gasteiger partial charge in [-0.2, -0.15) is 5.10 Å². The van der Waals surface area contributed by atoms with E-state index in [4.69, 9.17) is 11.6 Å². The molecule has 0 fully saturated rings. The van der Waals surface area contributed by atoms with Crippen LogP contribution >= 0.6 is 11.6 Å². The number of benzene rings is 1. The minimum absolute atomic E-state index is 0.110. The number of nitro groups is 1. The van der Waals surface area contributed by atoms with Crippen molar-refractivity contribution in [3.8, 4) is 0 Å². The van der Waals surface area contributed by atoms with E-state index in [1.165, 1.54) is 17.8 Å². The Hall–Kier alpha value is -2.41. The third kappa shape index (κ3) is 3.38. The minimum Gasteiger partial charge on any atom is -0.324 e. The van der Waals surface area contributed by atoms with Gasteiger partial charge in [-0.05, 0) is 31.5 Å². The van der Waals surface area contributed by atoms with Gasteiger partial charge >= 0.3 is 5.69 Å². The molecule has 2 rings (SSSR count). The van der Waals surface area contributed by atoms with Gasteiger partial charge in [0, 0.05) is 10.7 Å². The lowest BCUT2D eigenvalue weighted by molar-refractivity contribution is -0.385. The van der Waals surface area contributed by atoms with E-state index in [-0.39, 0.29) is 23.8 Å². The van der Waals surface area contributed by atoms with Gasteiger partial charge in [-0.1, -0.05) is 17.7 Å². The van der Waals surface area contributed by atoms with E-state index in [2.05, 4.69) is 10.4 Å². The summed E-state index contributed by atoms with van der Waals surface area (Å²) in [7, 11) is 0. The van der Waals surface area contributed by atoms with Crippen LogP contribution < -0.4 is 5.32 Å². The second-order valence-corrected chi connectivity index (χ2v) is 4.92. The van der Waals surface area contributed by atoms with Gasteiger partial charge in [-0.25, -0.2) is 0 Å². The molecule has 8 heteroatoms. The van der Waals surface area contributed by atoms with Crippen LogP contribution in [-0.2, 0) is 11.3 Å². The first-order valence-corrected chi connectivity index (χ1v) is 6.49. The molecule has 0 radical (unpaired) electrons. The second-order valence-electron chi connectivity index (χ2n) is 4.52. The van der Waals surface area contributed by atoms with Crippen molar-refractivity contribution >= 4 is 28.9 Å². The SMILES string of the molecule is Cc1nn(CC(=O)Nc2cccc(Cl)c2C)cc1[N+](=O)[O-]. The van der Waals surface area contributed by atoms with Crippen LogP contribution in [0.3, 0.4) is 0 Å². The highest BCUT2D eigenvalue weighted by Gasteiger charge is 2.17. The van der Waals surface area contributed by atoms with Gasteiger partial charge in [0.25, 0.3) is 0 Å². The van der Waals surface area contributed by atoms with Crippen LogP contribution in [0.25, 0.3) is 0 Å². The van der Waals surface area contributed by atoms with Gasteiger partial charge in [0.05, 0.1) is 4.92 Å². The fourth-order valence-electron chi connectivity index (χ4n) is 1.85. The van der Waals surface area contributed by atoms with E-state index in [0.717, 1.165) is 5.56 Å². The second kappa shape index (κ2) is 5.92. The maximum Gasteiger partial charge on any atom is 0.309 e. The third-order valence-electron chi connectivity index (χ3n) is 2.96. The lowest BCUT2D eigenvalue weighted by Crippen LogP contribution is -2.19. The molecule has 0 unspecified atom stereocenters. The maximum atomic E-state index is 12.0. The molecule has 0 saturated carbocycles. The van der Waals surface area contributed by atoms with Crippen molar-refractivity contribution in [2.45, 2.75) is 20.4 Å². The number of nitrogens with zero attached hydrogens (tertiary/aromatic N) is 3. The Morgan fingerprint density at radius 3 is 2.81 bits per heavy atom. The van der Waals surface area contributed by atoms with Crippen molar-refractivity contribution in [3.63, 3.8) is 0 Å². The number of rotatable bonds is 4. The molecule has 2 aromatic rings. The normalized spacial score (nSPS) is 10.4. The number of hydrogen-bond acceptors (Lipinski definition) is 4. The number of carbonyl (C=O) groups is 1. The van der Waals surface area contributed by atoms with Crippen LogP contribution in [-0.4, -0.2) is 20.6 Å². The van der Waals surface area contributed by atoms with Gasteiger partial charge in [-0.15, -0.1) is 0 Å². The van der Waals surface area contributed by atoms with Gasteiger partial charge in [0.1, 0.15) is 18.4 Å². The van der Waals surface area contributed by atoms with Gasteiger partial charge in [-0.3, -0.25) is 19.6 Å². The van der Waals surface area contributed by atoms with E-state index in [0.29, 0.717) is 10.7 Å². The average Bonchev–Trinajstić information content (AvgIpc) is 2.76. The van der Waals surface area contributed by atoms with E-state index < -0.39 is 4.92 Å². The lowest BCUT2D eigenvalue weighted by Gasteiger charge is -2.09. The van der Waals surface area contributed by atoms with E-state index in [9.17, 15) is 14.9 Å². The van der Waals surface area contributed by atoms with Crippen LogP contribution in [0.15, 0.2) is 24.4 Å². The maximum absolute atomic E-state index is 12.0. The smallest absolute Gasteiger partial charge is 0.309 e. The molecular weight excluding hydrogens is 296 g/mol. The molecule has 0 aliphatic heterocycles. The van der Waals surface area contributed by atoms with Crippen molar-refractivity contribution in [3.05, 3.63) is 50.8 Å². The molecule has 1 N–H and O–H groups in total. The number of anilines is 1. The Morgan fingerprint density at radius 2 is 2.19 bits per heavy atom. The molecule has 0 atom stereocenters. The molecule has 1 amide bonds. The summed E-state index contributed by atoms with van der Waals surface area (Å²) in [6.07, 6.45) is 1.24. The van der Waals surface area contributed by atoms with Crippen LogP contribution in [0.1, 0.15) is 11.3 Å². The molecule has 0 spiro atoms. The third-order valence-corrected chi connectivity index (χ3v) is 3.37. The van der Waals surface area contributed by atoms with Gasteiger partial charge in [0.2, 0.25) is 5.91 Å². The zero-order chi connectivity index (χ0) is 15.6. The highest BCUT2D eigenvalue weighted by molar-refractivity contribution is 6.31. The largest absolute Gasteiger partial charge is 0.324 e. The standard InChI is InChI=1S/C13H13ClN4O3/c1-8-10(14)4-3-5-11(8)15-13(19)7-17-6-12(18(20)21)9(2)16-17/h3-6H,7H2,1-2H3,(H,15,19). The molecule has 0 bridgehead atoms. The van der Waals surface area contributed by atoms with Crippen molar-refractivity contribution in [2.24, 2.45) is 0 Å². The summed E-state index contributed by atoms with van der Waals surface area (Å²) in [4.78, 5) is 22.2. The first-order chi connectivity index (χ1) is 9.88. The molecule has 1 aromatic heterocycles. The van der Waals surface area contributed by atoms with Gasteiger partial charge in [0.15, 0.2) is 0 Å². The molecule has 0 saturated heterocycles. The Labute approximate surface area is 125 Å². The fraction of sp³-hybridized carbons (Fsp3) is 0.231. The van der Waals surface area contributed by atoms with Crippen molar-refractivity contribution in [1.29, 1.82) is 0 Å². The fourth-order valence-corrected chi connectivity index (χ4v) is 2.02. The first-order valence-electron chi connectivity index (χ1n) is 6.12. The average molecular weight is 309 g/mol. The summed E-state index contributed by atoms with van der Waals surface area (Å²) >= 11 is 5.97. The van der Waals surface area contributed by atoms with Gasteiger partial charge < -0.3 is 5.32 Å². The molecular formula is C13H13ClN4O3. The molecule has 21 heavy (non-hydrogen) atoms. The molecule has 0 aliphatic rings. The minimum atomic E-state index is -0.530. The van der Waals surface area contributed by atoms with E-state index >= 15 is 0 Å². The summed E-state index contributed by atoms with van der Waals surface area (Å²) in [6, 6.07) is 5.19. The number of carbonyl (C=O) groups excluding carboxylic acids is 1. The Bertz CT molecular complexity index is 711. The number of aromatic nitrogens is 2. The monoisotopic (exact) mass is 308 g/mol. The number of aryl methyl sites for hydroxylation is 1. The summed E-state index contributed by atoms with van der Waals surface area (Å²) in [5, 5.41) is 17.9. The first kappa shape index (κ1) is 15.0. The van der Waals surface area contributed by atoms with E-state index in [1.54, 1.807) is 25.1 Å². The lowest BCUT2D eigenvalue weighted by atomic mass is 10.2. The van der Waals surface area contributed by atoms with Crippen LogP contribution in [0.4, 0.5) is 11.4 Å². The number of amides is 1. The molecule has 7 nitrogen and oxygen atoms in total. The number of nitrogens with one attached hydrogen (secondary N) is 1. The topological polar surface area (TPSA) is 90.1 Å². The van der Waals surface area contributed by atoms with Crippen molar-refractivity contribution in [2.75, 3.05) is 5.32 Å². The Kier molecular flexibility index (Phi) is 4.23. The highest BCUT2D eigenvalue weighted by atomic mass is 35.5. The highest BCUT2D eigenvalue weighted by Crippen LogP contribution is 2.23. The number of hydrogen-bond donors (Lipinski definition) is 1. The predicted octanol–water partition coefficient (Wildman–Crippen LogP) is 2.70. The molecule has 110 valence electrons. The number of halogens is 1. The zero-order valence-corrected chi connectivity index (χ0v) is 12.2. The van der Waals surface area contributed by atoms with Crippen LogP contribution in [0.2, 0.25) is 5.02 Å². The zero-order valence-electron chi connectivity index (χ0n) is 11.5. The Morgan fingerprint density at radius 1 is 1.48 bits per heavy atom. The molecule has 1 aromatic carbocycles. The Balaban J connectivity index is 2.10. The van der Waals surface area contributed by atoms with Crippen molar-refractivity contribution in [1.82, 2.24) is 9.78 Å². The van der Waals surface area contributed by atoms with Crippen molar-refractivity contribution < 1.29 is 9.72 Å². The van der Waals surface area contributed by atoms with Crippen LogP contribution in [0.5, 0.6) is 0 Å². The van der Waals surface area contributed by atoms with E-state index in [1.807, 2.05) is 0 Å². The summed E-state index contributed by atoms with van der Waals surface area (Å²) < 4.78 is 1.24. The molecule has 0 aliphatic carbocycles. The van der Waals surface area contributed by atoms with Crippen LogP contribution in [0, 0.1) is 24.0 Å². The summed E-state index contributed by atoms with van der Waals surface area (Å²) in [5.74, 6) is -0.335. The predicted molar refractivity (Wildman–Crippen MR) is 78.4 cm³/mol. The summed E-state index contributed by atoms with van der Waals surface area (Å²) in [5.41, 5.74) is 1.52. The quantitative estimate of drug-likeness (QED) is 0.694.